The third-order valence-corrected chi connectivity index (χ3v) is 4.88. The van der Waals surface area contributed by atoms with E-state index >= 15 is 0 Å². The summed E-state index contributed by atoms with van der Waals surface area (Å²) in [6, 6.07) is 4.89. The van der Waals surface area contributed by atoms with Crippen LogP contribution in [-0.2, 0) is 6.54 Å². The maximum Gasteiger partial charge on any atom is 0.0453 e. The van der Waals surface area contributed by atoms with Crippen molar-refractivity contribution in [2.45, 2.75) is 26.4 Å². The lowest BCUT2D eigenvalue weighted by atomic mass is 10.1. The highest BCUT2D eigenvalue weighted by Gasteiger charge is 2.11. The molecule has 0 bridgehead atoms. The molecular formula is C12H18N2S2. The molecule has 0 radical (unpaired) electrons. The molecule has 1 unspecified atom stereocenters. The van der Waals surface area contributed by atoms with Crippen molar-refractivity contribution in [1.29, 1.82) is 0 Å². The Morgan fingerprint density at radius 3 is 2.81 bits per heavy atom. The van der Waals surface area contributed by atoms with Gasteiger partial charge in [-0.3, -0.25) is 0 Å². The van der Waals surface area contributed by atoms with E-state index in [2.05, 4.69) is 36.7 Å². The van der Waals surface area contributed by atoms with Gasteiger partial charge in [-0.1, -0.05) is 13.8 Å². The average Bonchev–Trinajstić information content (AvgIpc) is 2.77. The zero-order valence-electron chi connectivity index (χ0n) is 9.69. The molecule has 1 atom stereocenters. The fourth-order valence-electron chi connectivity index (χ4n) is 1.73. The van der Waals surface area contributed by atoms with Crippen LogP contribution in [0.4, 0.5) is 0 Å². The Kier molecular flexibility index (Phi) is 3.97. The van der Waals surface area contributed by atoms with E-state index in [0.29, 0.717) is 18.5 Å². The molecule has 16 heavy (non-hydrogen) atoms. The molecule has 2 aromatic heterocycles. The van der Waals surface area contributed by atoms with E-state index in [0.717, 1.165) is 6.54 Å². The van der Waals surface area contributed by atoms with Crippen LogP contribution in [0.5, 0.6) is 0 Å². The van der Waals surface area contributed by atoms with Crippen molar-refractivity contribution in [3.05, 3.63) is 22.4 Å². The van der Waals surface area contributed by atoms with E-state index in [9.17, 15) is 0 Å². The molecule has 0 spiro atoms. The summed E-state index contributed by atoms with van der Waals surface area (Å²) in [4.78, 5) is 1.40. The third kappa shape index (κ3) is 2.63. The van der Waals surface area contributed by atoms with E-state index in [1.54, 1.807) is 0 Å². The molecule has 0 aliphatic heterocycles. The van der Waals surface area contributed by atoms with Gasteiger partial charge >= 0.3 is 0 Å². The van der Waals surface area contributed by atoms with Crippen molar-refractivity contribution in [2.24, 2.45) is 11.7 Å². The lowest BCUT2D eigenvalue weighted by Crippen LogP contribution is -2.39. The van der Waals surface area contributed by atoms with E-state index in [4.69, 9.17) is 5.73 Å². The predicted molar refractivity (Wildman–Crippen MR) is 74.2 cm³/mol. The number of nitrogens with one attached hydrogen (secondary N) is 1. The molecule has 2 nitrogen and oxygen atoms in total. The normalized spacial score (nSPS) is 13.8. The topological polar surface area (TPSA) is 38.0 Å². The summed E-state index contributed by atoms with van der Waals surface area (Å²) in [6.07, 6.45) is 0. The molecule has 4 heteroatoms. The summed E-state index contributed by atoms with van der Waals surface area (Å²) in [5.74, 6) is 0.589. The van der Waals surface area contributed by atoms with E-state index in [-0.39, 0.29) is 0 Å². The zero-order chi connectivity index (χ0) is 11.5. The van der Waals surface area contributed by atoms with Gasteiger partial charge in [-0.25, -0.2) is 0 Å². The smallest absolute Gasteiger partial charge is 0.0453 e. The molecule has 2 rings (SSSR count). The molecule has 0 amide bonds. The minimum Gasteiger partial charge on any atom is -0.329 e. The summed E-state index contributed by atoms with van der Waals surface area (Å²) >= 11 is 3.69. The molecule has 0 saturated carbocycles. The second kappa shape index (κ2) is 5.27. The Bertz CT molecular complexity index is 416. The fourth-order valence-corrected chi connectivity index (χ4v) is 3.81. The number of rotatable bonds is 5. The van der Waals surface area contributed by atoms with Crippen LogP contribution in [0.3, 0.4) is 0 Å². The highest BCUT2D eigenvalue weighted by atomic mass is 32.1. The van der Waals surface area contributed by atoms with Gasteiger partial charge in [0.25, 0.3) is 0 Å². The van der Waals surface area contributed by atoms with Crippen LogP contribution in [0.15, 0.2) is 17.5 Å². The Morgan fingerprint density at radius 1 is 1.38 bits per heavy atom. The summed E-state index contributed by atoms with van der Waals surface area (Å²) in [6.45, 7) is 6.05. The van der Waals surface area contributed by atoms with Crippen molar-refractivity contribution in [3.8, 4) is 0 Å². The standard InChI is InChI=1S/C12H18N2S2/c1-8(2)10(6-13)14-7-9-5-12-11(16-9)3-4-15-12/h3-5,8,10,14H,6-7,13H2,1-2H3. The van der Waals surface area contributed by atoms with Gasteiger partial charge in [0.15, 0.2) is 0 Å². The highest BCUT2D eigenvalue weighted by Crippen LogP contribution is 2.29. The Balaban J connectivity index is 1.97. The molecule has 3 N–H and O–H groups in total. The first-order valence-corrected chi connectivity index (χ1v) is 7.29. The van der Waals surface area contributed by atoms with Crippen LogP contribution in [0.2, 0.25) is 0 Å². The van der Waals surface area contributed by atoms with Crippen LogP contribution in [-0.4, -0.2) is 12.6 Å². The lowest BCUT2D eigenvalue weighted by Gasteiger charge is -2.19. The first-order chi connectivity index (χ1) is 7.70. The molecule has 0 aliphatic rings. The van der Waals surface area contributed by atoms with Gasteiger partial charge in [0.1, 0.15) is 0 Å². The van der Waals surface area contributed by atoms with Crippen molar-refractivity contribution < 1.29 is 0 Å². The van der Waals surface area contributed by atoms with E-state index in [1.807, 2.05) is 22.7 Å². The van der Waals surface area contributed by atoms with Gasteiger partial charge in [-0.2, -0.15) is 0 Å². The molecule has 0 fully saturated rings. The third-order valence-electron chi connectivity index (χ3n) is 2.79. The summed E-state index contributed by atoms with van der Waals surface area (Å²) in [5, 5.41) is 5.67. The van der Waals surface area contributed by atoms with Gasteiger partial charge in [-0.15, -0.1) is 22.7 Å². The highest BCUT2D eigenvalue weighted by molar-refractivity contribution is 7.26. The first kappa shape index (κ1) is 12.0. The molecular weight excluding hydrogens is 236 g/mol. The van der Waals surface area contributed by atoms with Crippen molar-refractivity contribution in [1.82, 2.24) is 5.32 Å². The molecule has 2 aromatic rings. The number of hydrogen-bond donors (Lipinski definition) is 2. The fraction of sp³-hybridized carbons (Fsp3) is 0.500. The second-order valence-corrected chi connectivity index (χ2v) is 6.44. The summed E-state index contributed by atoms with van der Waals surface area (Å²) in [5.41, 5.74) is 5.74. The molecule has 2 heterocycles. The predicted octanol–water partition coefficient (Wildman–Crippen LogP) is 3.04. The van der Waals surface area contributed by atoms with Gasteiger partial charge in [0.2, 0.25) is 0 Å². The molecule has 0 saturated heterocycles. The number of thiophene rings is 2. The van der Waals surface area contributed by atoms with Gasteiger partial charge in [0, 0.05) is 33.4 Å². The van der Waals surface area contributed by atoms with Crippen LogP contribution >= 0.6 is 22.7 Å². The second-order valence-electron chi connectivity index (χ2n) is 4.33. The van der Waals surface area contributed by atoms with Gasteiger partial charge < -0.3 is 11.1 Å². The van der Waals surface area contributed by atoms with Gasteiger partial charge in [-0.05, 0) is 23.4 Å². The van der Waals surface area contributed by atoms with E-state index < -0.39 is 0 Å². The number of nitrogens with two attached hydrogens (primary N) is 1. The molecule has 88 valence electrons. The van der Waals surface area contributed by atoms with Gasteiger partial charge in [0.05, 0.1) is 0 Å². The minimum absolute atomic E-state index is 0.417. The zero-order valence-corrected chi connectivity index (χ0v) is 11.3. The minimum atomic E-state index is 0.417. The van der Waals surface area contributed by atoms with Crippen molar-refractivity contribution in [3.63, 3.8) is 0 Å². The molecule has 0 aliphatic carbocycles. The number of hydrogen-bond acceptors (Lipinski definition) is 4. The lowest BCUT2D eigenvalue weighted by molar-refractivity contribution is 0.406. The van der Waals surface area contributed by atoms with Crippen molar-refractivity contribution in [2.75, 3.05) is 6.54 Å². The molecule has 0 aromatic carbocycles. The maximum atomic E-state index is 5.74. The Labute approximate surface area is 104 Å². The van der Waals surface area contributed by atoms with Crippen LogP contribution < -0.4 is 11.1 Å². The van der Waals surface area contributed by atoms with Crippen LogP contribution in [0.1, 0.15) is 18.7 Å². The van der Waals surface area contributed by atoms with E-state index in [1.165, 1.54) is 14.3 Å². The van der Waals surface area contributed by atoms with Crippen molar-refractivity contribution >= 4 is 32.1 Å². The quantitative estimate of drug-likeness (QED) is 0.860. The summed E-state index contributed by atoms with van der Waals surface area (Å²) < 4.78 is 2.80. The first-order valence-electron chi connectivity index (χ1n) is 5.60. The monoisotopic (exact) mass is 254 g/mol. The maximum absolute atomic E-state index is 5.74. The number of fused-ring (bicyclic) bond motifs is 1. The SMILES string of the molecule is CC(C)C(CN)NCc1cc2sccc2s1. The summed E-state index contributed by atoms with van der Waals surface area (Å²) in [7, 11) is 0. The van der Waals surface area contributed by atoms with Crippen LogP contribution in [0.25, 0.3) is 9.40 Å². The van der Waals surface area contributed by atoms with Crippen LogP contribution in [0, 0.1) is 5.92 Å². The largest absolute Gasteiger partial charge is 0.329 e. The average molecular weight is 254 g/mol. The Hall–Kier alpha value is -0.420. The Morgan fingerprint density at radius 2 is 2.19 bits per heavy atom.